The molecule has 2 aliphatic carbocycles. The van der Waals surface area contributed by atoms with Gasteiger partial charge in [-0.15, -0.1) is 0 Å². The topological polar surface area (TPSA) is 93.1 Å². The largest absolute Gasteiger partial charge is 0.504 e. The summed E-state index contributed by atoms with van der Waals surface area (Å²) in [5.41, 5.74) is 1.88. The van der Waals surface area contributed by atoms with E-state index in [1.54, 1.807) is 6.07 Å². The van der Waals surface area contributed by atoms with Crippen LogP contribution in [0.5, 0.6) is 11.5 Å². The van der Waals surface area contributed by atoms with Gasteiger partial charge in [0.2, 0.25) is 0 Å². The number of piperidine rings is 1. The normalized spacial score (nSPS) is 39.2. The second-order valence-electron chi connectivity index (χ2n) is 8.80. The molecule has 26 heavy (non-hydrogen) atoms. The lowest BCUT2D eigenvalue weighted by Crippen LogP contribution is -2.71. The summed E-state index contributed by atoms with van der Waals surface area (Å²) in [5.74, 6) is 0.914. The smallest absolute Gasteiger partial charge is 0.397 e. The summed E-state index contributed by atoms with van der Waals surface area (Å²) >= 11 is 0. The van der Waals surface area contributed by atoms with Crippen LogP contribution in [0.15, 0.2) is 12.1 Å². The van der Waals surface area contributed by atoms with Crippen molar-refractivity contribution in [1.29, 1.82) is 0 Å². The number of quaternary nitrogens is 1. The molecule has 2 aliphatic heterocycles. The quantitative estimate of drug-likeness (QED) is 0.593. The average molecular weight is 382 g/mol. The van der Waals surface area contributed by atoms with Gasteiger partial charge in [-0.1, -0.05) is 6.07 Å². The van der Waals surface area contributed by atoms with Crippen molar-refractivity contribution in [3.05, 3.63) is 23.3 Å². The molecule has 1 spiro atoms. The number of phenolic OH excluding ortho intramolecular Hbond substituents is 1. The summed E-state index contributed by atoms with van der Waals surface area (Å²) in [6.07, 6.45) is 1.86. The zero-order valence-electron chi connectivity index (χ0n) is 14.9. The molecule has 1 aromatic rings. The molecule has 8 heteroatoms. The molecule has 142 valence electrons. The Morgan fingerprint density at radius 2 is 2.08 bits per heavy atom. The van der Waals surface area contributed by atoms with Gasteiger partial charge in [0, 0.05) is 24.3 Å². The van der Waals surface area contributed by atoms with E-state index in [4.69, 9.17) is 8.92 Å². The first-order valence-corrected chi connectivity index (χ1v) is 10.5. The van der Waals surface area contributed by atoms with Crippen LogP contribution in [0.3, 0.4) is 0 Å². The Morgan fingerprint density at radius 3 is 2.81 bits per heavy atom. The molecule has 2 bridgehead atoms. The number of likely N-dealkylation sites (tertiary alicyclic amines) is 1. The van der Waals surface area contributed by atoms with E-state index >= 15 is 0 Å². The highest BCUT2D eigenvalue weighted by atomic mass is 32.3. The van der Waals surface area contributed by atoms with E-state index in [1.165, 1.54) is 5.56 Å². The Hall–Kier alpha value is -1.35. The van der Waals surface area contributed by atoms with Crippen molar-refractivity contribution in [1.82, 2.24) is 0 Å². The van der Waals surface area contributed by atoms with Crippen molar-refractivity contribution in [3.8, 4) is 11.5 Å². The third-order valence-electron chi connectivity index (χ3n) is 7.34. The van der Waals surface area contributed by atoms with Gasteiger partial charge in [0.05, 0.1) is 32.1 Å². The molecule has 1 saturated carbocycles. The summed E-state index contributed by atoms with van der Waals surface area (Å²) < 4.78 is 44.2. The molecule has 5 atom stereocenters. The number of hydrogen-bond donors (Lipinski definition) is 2. The number of aromatic hydroxyl groups is 1. The fraction of sp³-hybridized carbons (Fsp3) is 0.667. The van der Waals surface area contributed by atoms with E-state index in [2.05, 4.69) is 14.1 Å². The fourth-order valence-corrected chi connectivity index (χ4v) is 6.84. The Kier molecular flexibility index (Phi) is 3.18. The molecule has 4 aliphatic rings. The lowest BCUT2D eigenvalue weighted by molar-refractivity contribution is -0.927. The van der Waals surface area contributed by atoms with Crippen LogP contribution in [0, 0.1) is 5.92 Å². The van der Waals surface area contributed by atoms with Crippen LogP contribution in [0.25, 0.3) is 0 Å². The molecule has 2 N–H and O–H groups in total. The predicted molar refractivity (Wildman–Crippen MR) is 92.4 cm³/mol. The van der Waals surface area contributed by atoms with Crippen LogP contribution in [-0.2, 0) is 26.4 Å². The highest BCUT2D eigenvalue weighted by Crippen LogP contribution is 2.64. The number of phenols is 1. The van der Waals surface area contributed by atoms with Gasteiger partial charge in [0.15, 0.2) is 11.5 Å². The molecule has 1 saturated heterocycles. The van der Waals surface area contributed by atoms with E-state index in [9.17, 15) is 18.1 Å². The van der Waals surface area contributed by atoms with Crippen LogP contribution >= 0.6 is 0 Å². The van der Waals surface area contributed by atoms with Crippen LogP contribution in [0.4, 0.5) is 0 Å². The number of rotatable bonds is 2. The van der Waals surface area contributed by atoms with Gasteiger partial charge in [-0.3, -0.25) is 4.55 Å². The highest BCUT2D eigenvalue weighted by Gasteiger charge is 2.69. The van der Waals surface area contributed by atoms with Crippen LogP contribution in [0.1, 0.15) is 30.4 Å². The summed E-state index contributed by atoms with van der Waals surface area (Å²) in [4.78, 5) is 0. The molecular formula is C18H24NO6S+. The summed E-state index contributed by atoms with van der Waals surface area (Å²) in [5, 5.41) is 10.4. The van der Waals surface area contributed by atoms with Gasteiger partial charge in [-0.05, 0) is 24.5 Å². The van der Waals surface area contributed by atoms with E-state index in [-0.39, 0.29) is 11.2 Å². The van der Waals surface area contributed by atoms with Crippen molar-refractivity contribution in [3.63, 3.8) is 0 Å². The Bertz CT molecular complexity index is 897. The molecule has 0 radical (unpaired) electrons. The fourth-order valence-electron chi connectivity index (χ4n) is 6.33. The molecule has 0 aromatic heterocycles. The second kappa shape index (κ2) is 4.92. The highest BCUT2D eigenvalue weighted by molar-refractivity contribution is 7.80. The van der Waals surface area contributed by atoms with E-state index in [1.807, 2.05) is 6.07 Å². The van der Waals surface area contributed by atoms with Crippen LogP contribution < -0.4 is 4.74 Å². The molecule has 5 rings (SSSR count). The second-order valence-corrected chi connectivity index (χ2v) is 9.84. The number of hydrogen-bond acceptors (Lipinski definition) is 5. The third kappa shape index (κ3) is 2.01. The first-order chi connectivity index (χ1) is 12.1. The Morgan fingerprint density at radius 1 is 1.31 bits per heavy atom. The summed E-state index contributed by atoms with van der Waals surface area (Å²) in [6, 6.07) is 4.06. The molecule has 0 amide bonds. The number of benzene rings is 1. The predicted octanol–water partition coefficient (Wildman–Crippen LogP) is 1.39. The van der Waals surface area contributed by atoms with Crippen LogP contribution in [-0.4, -0.2) is 61.4 Å². The number of likely N-dealkylation sites (N-methyl/N-ethyl adjacent to an activating group) is 1. The van der Waals surface area contributed by atoms with Gasteiger partial charge in [0.1, 0.15) is 12.2 Å². The maximum absolute atomic E-state index is 11.4. The van der Waals surface area contributed by atoms with Gasteiger partial charge in [-0.2, -0.15) is 8.42 Å². The minimum atomic E-state index is -4.57. The monoisotopic (exact) mass is 382 g/mol. The Balaban J connectivity index is 1.71. The maximum Gasteiger partial charge on any atom is 0.397 e. The van der Waals surface area contributed by atoms with Gasteiger partial charge in [-0.25, -0.2) is 4.18 Å². The molecule has 7 nitrogen and oxygen atoms in total. The molecule has 2 heterocycles. The number of ether oxygens (including phenoxy) is 1. The summed E-state index contributed by atoms with van der Waals surface area (Å²) in [7, 11) is -0.0505. The lowest BCUT2D eigenvalue weighted by Gasteiger charge is -2.60. The van der Waals surface area contributed by atoms with Gasteiger partial charge >= 0.3 is 10.4 Å². The average Bonchev–Trinajstić information content (AvgIpc) is 2.89. The van der Waals surface area contributed by atoms with Gasteiger partial charge < -0.3 is 14.3 Å². The third-order valence-corrected chi connectivity index (χ3v) is 7.83. The molecule has 0 unspecified atom stereocenters. The van der Waals surface area contributed by atoms with E-state index in [0.717, 1.165) is 35.9 Å². The van der Waals surface area contributed by atoms with Gasteiger partial charge in [0.25, 0.3) is 0 Å². The molecule has 2 fully saturated rings. The van der Waals surface area contributed by atoms with Crippen molar-refractivity contribution >= 4 is 10.4 Å². The number of nitrogens with zero attached hydrogens (tertiary/aromatic N) is 1. The minimum absolute atomic E-state index is 0.0923. The van der Waals surface area contributed by atoms with Crippen molar-refractivity contribution in [2.24, 2.45) is 5.92 Å². The van der Waals surface area contributed by atoms with Crippen molar-refractivity contribution in [2.45, 2.75) is 49.3 Å². The lowest BCUT2D eigenvalue weighted by atomic mass is 9.51. The first-order valence-electron chi connectivity index (χ1n) is 9.14. The summed E-state index contributed by atoms with van der Waals surface area (Å²) in [6.45, 7) is 0.953. The van der Waals surface area contributed by atoms with Crippen LogP contribution in [0.2, 0.25) is 0 Å². The zero-order chi connectivity index (χ0) is 18.5. The molecular weight excluding hydrogens is 358 g/mol. The molecule has 1 aromatic carbocycles. The minimum Gasteiger partial charge on any atom is -0.504 e. The van der Waals surface area contributed by atoms with Crippen molar-refractivity contribution < 1.29 is 31.5 Å². The van der Waals surface area contributed by atoms with Crippen molar-refractivity contribution in [2.75, 3.05) is 20.6 Å². The van der Waals surface area contributed by atoms with E-state index < -0.39 is 22.6 Å². The first kappa shape index (κ1) is 16.8. The van der Waals surface area contributed by atoms with E-state index in [0.29, 0.717) is 24.1 Å². The SMILES string of the molecule is C[N+]1(C)CC[C@]23c4c5ccc(O)c4O[C@H]2[C@@H](OS(=O)(=O)O)CC[C@H]3[C@H]1C5. The Labute approximate surface area is 153 Å². The maximum atomic E-state index is 11.4. The zero-order valence-corrected chi connectivity index (χ0v) is 15.7. The standard InChI is InChI=1S/C18H23NO6S/c1-19(2)8-7-18-11-4-6-14(25-26(21,22)23)17(18)24-16-13(20)5-3-10(15(16)18)9-12(11)19/h3,5,11-12,14,17H,4,6-9H2,1-2H3,(H-,20,21,22,23)/p+1/t11-,12+,14-,17-,18-/m0/s1.